The zero-order valence-corrected chi connectivity index (χ0v) is 14.6. The van der Waals surface area contributed by atoms with Crippen molar-refractivity contribution < 1.29 is 27.4 Å². The van der Waals surface area contributed by atoms with Crippen molar-refractivity contribution in [3.05, 3.63) is 24.3 Å². The predicted molar refractivity (Wildman–Crippen MR) is 93.0 cm³/mol. The van der Waals surface area contributed by atoms with Crippen LogP contribution in [0.4, 0.5) is 18.9 Å². The number of carbonyl (C=O) groups excluding carboxylic acids is 1. The van der Waals surface area contributed by atoms with Crippen LogP contribution >= 0.6 is 0 Å². The van der Waals surface area contributed by atoms with E-state index in [-0.39, 0.29) is 17.7 Å². The minimum atomic E-state index is -4.71. The molecule has 0 aliphatic heterocycles. The van der Waals surface area contributed by atoms with E-state index in [1.807, 2.05) is 0 Å². The number of halogens is 3. The molecule has 0 unspecified atom stereocenters. The van der Waals surface area contributed by atoms with E-state index in [1.165, 1.54) is 31.4 Å². The fourth-order valence-corrected chi connectivity index (χ4v) is 2.14. The van der Waals surface area contributed by atoms with Crippen LogP contribution in [0.3, 0.4) is 0 Å². The Morgan fingerprint density at radius 2 is 1.73 bits per heavy atom. The first-order valence-electron chi connectivity index (χ1n) is 8.30. The van der Waals surface area contributed by atoms with Gasteiger partial charge in [-0.3, -0.25) is 9.79 Å². The van der Waals surface area contributed by atoms with Crippen molar-refractivity contribution in [3.8, 4) is 5.75 Å². The topological polar surface area (TPSA) is 85.9 Å². The third kappa shape index (κ3) is 10.4. The van der Waals surface area contributed by atoms with Crippen molar-refractivity contribution in [1.82, 2.24) is 0 Å². The molecule has 0 saturated heterocycles. The molecule has 0 saturated carbocycles. The number of aliphatic imine (C=N–C) groups is 1. The number of nitrogens with one attached hydrogen (secondary N) is 1. The number of alkyl halides is 3. The first-order chi connectivity index (χ1) is 12.3. The number of nitrogens with zero attached hydrogens (tertiary/aromatic N) is 1. The largest absolute Gasteiger partial charge is 0.573 e. The monoisotopic (exact) mass is 375 g/mol. The van der Waals surface area contributed by atoms with Gasteiger partial charge in [-0.25, -0.2) is 0 Å². The molecule has 0 aliphatic carbocycles. The molecule has 0 heterocycles. The van der Waals surface area contributed by atoms with Gasteiger partial charge in [0, 0.05) is 18.7 Å². The van der Waals surface area contributed by atoms with Crippen LogP contribution in [0.15, 0.2) is 29.3 Å². The van der Waals surface area contributed by atoms with Crippen LogP contribution in [0.1, 0.15) is 38.5 Å². The lowest BCUT2D eigenvalue weighted by Crippen LogP contribution is -2.23. The number of unbranched alkanes of at least 4 members (excludes halogenated alkanes) is 4. The molecule has 9 heteroatoms. The molecule has 6 nitrogen and oxygen atoms in total. The standard InChI is InChI=1S/C17H24F3N3O3/c1-25-15(24)7-5-3-2-4-6-12-22-16(21)23-13-8-10-14(11-9-13)26-17(18,19)20/h8-11H,2-7,12H2,1H3,(H3,21,22,23). The minimum absolute atomic E-state index is 0.188. The number of hydrogen-bond donors (Lipinski definition) is 2. The Labute approximate surface area is 150 Å². The molecule has 26 heavy (non-hydrogen) atoms. The first kappa shape index (κ1) is 21.6. The van der Waals surface area contributed by atoms with E-state index >= 15 is 0 Å². The highest BCUT2D eigenvalue weighted by Crippen LogP contribution is 2.23. The molecule has 1 aromatic rings. The highest BCUT2D eigenvalue weighted by molar-refractivity contribution is 5.92. The summed E-state index contributed by atoms with van der Waals surface area (Å²) in [6, 6.07) is 5.23. The molecule has 0 bridgehead atoms. The van der Waals surface area contributed by atoms with E-state index in [0.717, 1.165) is 32.1 Å². The third-order valence-electron chi connectivity index (χ3n) is 3.41. The number of carbonyl (C=O) groups is 1. The van der Waals surface area contributed by atoms with E-state index in [0.29, 0.717) is 18.7 Å². The van der Waals surface area contributed by atoms with Crippen LogP contribution < -0.4 is 15.8 Å². The van der Waals surface area contributed by atoms with Crippen LogP contribution in [0.5, 0.6) is 5.75 Å². The van der Waals surface area contributed by atoms with Gasteiger partial charge in [-0.05, 0) is 37.1 Å². The molecule has 0 fully saturated rings. The van der Waals surface area contributed by atoms with Crippen molar-refractivity contribution in [2.24, 2.45) is 10.7 Å². The quantitative estimate of drug-likeness (QED) is 0.281. The lowest BCUT2D eigenvalue weighted by molar-refractivity contribution is -0.274. The average molecular weight is 375 g/mol. The van der Waals surface area contributed by atoms with Gasteiger partial charge in [0.25, 0.3) is 0 Å². The Morgan fingerprint density at radius 1 is 1.12 bits per heavy atom. The molecule has 0 aliphatic rings. The molecular weight excluding hydrogens is 351 g/mol. The molecule has 1 rings (SSSR count). The summed E-state index contributed by atoms with van der Waals surface area (Å²) in [7, 11) is 1.38. The highest BCUT2D eigenvalue weighted by atomic mass is 19.4. The second kappa shape index (κ2) is 11.2. The second-order valence-electron chi connectivity index (χ2n) is 5.56. The number of benzene rings is 1. The van der Waals surface area contributed by atoms with Crippen LogP contribution in [0, 0.1) is 0 Å². The van der Waals surface area contributed by atoms with E-state index < -0.39 is 6.36 Å². The lowest BCUT2D eigenvalue weighted by Gasteiger charge is -2.10. The Kier molecular flexibility index (Phi) is 9.32. The van der Waals surface area contributed by atoms with Gasteiger partial charge in [0.15, 0.2) is 5.96 Å². The normalized spacial score (nSPS) is 11.9. The summed E-state index contributed by atoms with van der Waals surface area (Å²) in [4.78, 5) is 15.1. The fraction of sp³-hybridized carbons (Fsp3) is 0.529. The smallest absolute Gasteiger partial charge is 0.469 e. The summed E-state index contributed by atoms with van der Waals surface area (Å²) in [6.07, 6.45) is 0.334. The van der Waals surface area contributed by atoms with Crippen LogP contribution in [-0.2, 0) is 9.53 Å². The number of anilines is 1. The molecule has 0 atom stereocenters. The number of methoxy groups -OCH3 is 1. The summed E-state index contributed by atoms with van der Waals surface area (Å²) in [6.45, 7) is 0.547. The van der Waals surface area contributed by atoms with Crippen molar-refractivity contribution >= 4 is 17.6 Å². The predicted octanol–water partition coefficient (Wildman–Crippen LogP) is 3.83. The number of rotatable bonds is 10. The second-order valence-corrected chi connectivity index (χ2v) is 5.56. The van der Waals surface area contributed by atoms with E-state index in [2.05, 4.69) is 19.8 Å². The summed E-state index contributed by atoms with van der Waals surface area (Å²) < 4.78 is 44.6. The molecule has 0 aromatic heterocycles. The van der Waals surface area contributed by atoms with Gasteiger partial charge in [-0.1, -0.05) is 19.3 Å². The van der Waals surface area contributed by atoms with Crippen LogP contribution in [0.2, 0.25) is 0 Å². The number of nitrogens with two attached hydrogens (primary N) is 1. The maximum absolute atomic E-state index is 12.1. The SMILES string of the molecule is COC(=O)CCCCCCCN=C(N)Nc1ccc(OC(F)(F)F)cc1. The Hall–Kier alpha value is -2.45. The Morgan fingerprint density at radius 3 is 2.35 bits per heavy atom. The third-order valence-corrected chi connectivity index (χ3v) is 3.41. The summed E-state index contributed by atoms with van der Waals surface area (Å²) in [5.74, 6) is -0.294. The van der Waals surface area contributed by atoms with Crippen molar-refractivity contribution in [1.29, 1.82) is 0 Å². The van der Waals surface area contributed by atoms with Gasteiger partial charge < -0.3 is 20.5 Å². The highest BCUT2D eigenvalue weighted by Gasteiger charge is 2.30. The van der Waals surface area contributed by atoms with Gasteiger partial charge in [0.1, 0.15) is 5.75 Å². The molecule has 0 spiro atoms. The molecule has 3 N–H and O–H groups in total. The molecule has 0 amide bonds. The zero-order chi connectivity index (χ0) is 19.4. The summed E-state index contributed by atoms with van der Waals surface area (Å²) >= 11 is 0. The summed E-state index contributed by atoms with van der Waals surface area (Å²) in [5, 5.41) is 2.80. The number of guanidine groups is 1. The lowest BCUT2D eigenvalue weighted by atomic mass is 10.1. The molecule has 1 aromatic carbocycles. The van der Waals surface area contributed by atoms with Crippen molar-refractivity contribution in [3.63, 3.8) is 0 Å². The first-order valence-corrected chi connectivity index (χ1v) is 8.30. The van der Waals surface area contributed by atoms with E-state index in [1.54, 1.807) is 0 Å². The van der Waals surface area contributed by atoms with E-state index in [9.17, 15) is 18.0 Å². The molecule has 0 radical (unpaired) electrons. The van der Waals surface area contributed by atoms with Crippen molar-refractivity contribution in [2.75, 3.05) is 19.0 Å². The number of esters is 1. The summed E-state index contributed by atoms with van der Waals surface area (Å²) in [5.41, 5.74) is 6.25. The average Bonchev–Trinajstić information content (AvgIpc) is 2.57. The van der Waals surface area contributed by atoms with Gasteiger partial charge in [0.05, 0.1) is 7.11 Å². The van der Waals surface area contributed by atoms with Crippen LogP contribution in [-0.4, -0.2) is 31.9 Å². The molecule has 146 valence electrons. The van der Waals surface area contributed by atoms with Crippen LogP contribution in [0.25, 0.3) is 0 Å². The van der Waals surface area contributed by atoms with Gasteiger partial charge in [-0.2, -0.15) is 0 Å². The minimum Gasteiger partial charge on any atom is -0.469 e. The van der Waals surface area contributed by atoms with E-state index in [4.69, 9.17) is 5.73 Å². The van der Waals surface area contributed by atoms with Gasteiger partial charge in [-0.15, -0.1) is 13.2 Å². The number of ether oxygens (including phenoxy) is 2. The Balaban J connectivity index is 2.20. The molecular formula is C17H24F3N3O3. The maximum atomic E-state index is 12.1. The van der Waals surface area contributed by atoms with Gasteiger partial charge >= 0.3 is 12.3 Å². The zero-order valence-electron chi connectivity index (χ0n) is 14.6. The Bertz CT molecular complexity index is 575. The number of hydrogen-bond acceptors (Lipinski definition) is 4. The maximum Gasteiger partial charge on any atom is 0.573 e. The van der Waals surface area contributed by atoms with Crippen molar-refractivity contribution in [2.45, 2.75) is 44.9 Å². The fourth-order valence-electron chi connectivity index (χ4n) is 2.14. The van der Waals surface area contributed by atoms with Gasteiger partial charge in [0.2, 0.25) is 0 Å².